The average molecular weight is 274 g/mol. The van der Waals surface area contributed by atoms with Crippen LogP contribution in [0.15, 0.2) is 24.3 Å². The van der Waals surface area contributed by atoms with E-state index < -0.39 is 0 Å². The molecule has 2 rings (SSSR count). The molecule has 0 amide bonds. The van der Waals surface area contributed by atoms with Crippen LogP contribution in [0.5, 0.6) is 0 Å². The highest BCUT2D eigenvalue weighted by molar-refractivity contribution is 5.75. The predicted octanol–water partition coefficient (Wildman–Crippen LogP) is 2.39. The molecule has 20 heavy (non-hydrogen) atoms. The van der Waals surface area contributed by atoms with Gasteiger partial charge in [-0.15, -0.1) is 0 Å². The number of rotatable bonds is 8. The molecular formula is C16H26N4. The van der Waals surface area contributed by atoms with Gasteiger partial charge in [-0.25, -0.2) is 4.98 Å². The molecule has 1 aromatic carbocycles. The lowest BCUT2D eigenvalue weighted by Crippen LogP contribution is -2.32. The van der Waals surface area contributed by atoms with E-state index >= 15 is 0 Å². The van der Waals surface area contributed by atoms with Crippen LogP contribution < -0.4 is 5.32 Å². The second kappa shape index (κ2) is 7.41. The Morgan fingerprint density at radius 2 is 2.00 bits per heavy atom. The molecule has 0 aliphatic carbocycles. The molecule has 0 aliphatic heterocycles. The average Bonchev–Trinajstić information content (AvgIpc) is 2.79. The first-order chi connectivity index (χ1) is 9.76. The Balaban J connectivity index is 1.85. The Hall–Kier alpha value is -1.39. The lowest BCUT2D eigenvalue weighted by atomic mass is 10.3. The van der Waals surface area contributed by atoms with Crippen molar-refractivity contribution in [3.8, 4) is 0 Å². The van der Waals surface area contributed by atoms with E-state index in [1.54, 1.807) is 0 Å². The molecular weight excluding hydrogens is 248 g/mol. The summed E-state index contributed by atoms with van der Waals surface area (Å²) in [4.78, 5) is 7.15. The van der Waals surface area contributed by atoms with Crippen LogP contribution in [0.2, 0.25) is 0 Å². The highest BCUT2D eigenvalue weighted by Crippen LogP contribution is 2.13. The minimum atomic E-state index is 0.828. The van der Waals surface area contributed by atoms with Gasteiger partial charge in [-0.2, -0.15) is 0 Å². The lowest BCUT2D eigenvalue weighted by Gasteiger charge is -2.19. The number of imidazole rings is 1. The summed E-state index contributed by atoms with van der Waals surface area (Å²) in [5, 5.41) is 3.50. The van der Waals surface area contributed by atoms with Crippen LogP contribution in [0.3, 0.4) is 0 Å². The molecule has 110 valence electrons. The molecule has 0 saturated carbocycles. The van der Waals surface area contributed by atoms with Crippen LogP contribution in [0.25, 0.3) is 11.0 Å². The number of aryl methyl sites for hydroxylation is 1. The van der Waals surface area contributed by atoms with Crippen molar-refractivity contribution < 1.29 is 0 Å². The summed E-state index contributed by atoms with van der Waals surface area (Å²) in [7, 11) is 2.09. The molecule has 0 spiro atoms. The van der Waals surface area contributed by atoms with E-state index in [0.29, 0.717) is 0 Å². The van der Waals surface area contributed by atoms with E-state index in [9.17, 15) is 0 Å². The quantitative estimate of drug-likeness (QED) is 0.750. The van der Waals surface area contributed by atoms with Gasteiger partial charge in [0.05, 0.1) is 17.6 Å². The Morgan fingerprint density at radius 3 is 2.70 bits per heavy atom. The summed E-state index contributed by atoms with van der Waals surface area (Å²) in [6.45, 7) is 9.71. The standard InChI is InChI=1S/C16H26N4/c1-4-11-20(5-2)12-10-17-13-16-18-14-8-6-7-9-15(14)19(16)3/h6-9,17H,4-5,10-13H2,1-3H3. The number of fused-ring (bicyclic) bond motifs is 1. The second-order valence-corrected chi connectivity index (χ2v) is 5.19. The predicted molar refractivity (Wildman–Crippen MR) is 84.8 cm³/mol. The molecule has 0 radical (unpaired) electrons. The Labute approximate surface area is 121 Å². The van der Waals surface area contributed by atoms with Crippen molar-refractivity contribution in [1.29, 1.82) is 0 Å². The molecule has 1 heterocycles. The van der Waals surface area contributed by atoms with Crippen molar-refractivity contribution in [2.24, 2.45) is 7.05 Å². The van der Waals surface area contributed by atoms with Crippen LogP contribution in [0, 0.1) is 0 Å². The van der Waals surface area contributed by atoms with E-state index in [4.69, 9.17) is 0 Å². The summed E-state index contributed by atoms with van der Waals surface area (Å²) in [5.41, 5.74) is 2.28. The van der Waals surface area contributed by atoms with Gasteiger partial charge in [0.15, 0.2) is 0 Å². The second-order valence-electron chi connectivity index (χ2n) is 5.19. The number of nitrogens with one attached hydrogen (secondary N) is 1. The van der Waals surface area contributed by atoms with Crippen molar-refractivity contribution in [1.82, 2.24) is 19.8 Å². The first kappa shape index (κ1) is 15.0. The third-order valence-corrected chi connectivity index (χ3v) is 3.75. The number of hydrogen-bond donors (Lipinski definition) is 1. The van der Waals surface area contributed by atoms with Gasteiger partial charge in [-0.1, -0.05) is 26.0 Å². The zero-order valence-corrected chi connectivity index (χ0v) is 12.9. The van der Waals surface area contributed by atoms with Crippen LogP contribution >= 0.6 is 0 Å². The lowest BCUT2D eigenvalue weighted by molar-refractivity contribution is 0.287. The summed E-state index contributed by atoms with van der Waals surface area (Å²) in [5.74, 6) is 1.10. The monoisotopic (exact) mass is 274 g/mol. The number of para-hydroxylation sites is 2. The molecule has 0 bridgehead atoms. The fourth-order valence-corrected chi connectivity index (χ4v) is 2.54. The van der Waals surface area contributed by atoms with Gasteiger partial charge in [-0.05, 0) is 31.6 Å². The summed E-state index contributed by atoms with van der Waals surface area (Å²) >= 11 is 0. The smallest absolute Gasteiger partial charge is 0.123 e. The molecule has 1 aromatic heterocycles. The third kappa shape index (κ3) is 3.58. The molecule has 0 aliphatic rings. The zero-order valence-electron chi connectivity index (χ0n) is 12.9. The Kier molecular flexibility index (Phi) is 5.56. The van der Waals surface area contributed by atoms with Crippen molar-refractivity contribution >= 4 is 11.0 Å². The maximum Gasteiger partial charge on any atom is 0.123 e. The minimum absolute atomic E-state index is 0.828. The zero-order chi connectivity index (χ0) is 14.4. The maximum absolute atomic E-state index is 4.67. The van der Waals surface area contributed by atoms with Gasteiger partial charge in [0.2, 0.25) is 0 Å². The maximum atomic E-state index is 4.67. The molecule has 0 saturated heterocycles. The topological polar surface area (TPSA) is 33.1 Å². The fourth-order valence-electron chi connectivity index (χ4n) is 2.54. The SMILES string of the molecule is CCCN(CC)CCNCc1nc2ccccc2n1C. The highest BCUT2D eigenvalue weighted by Gasteiger charge is 2.06. The van der Waals surface area contributed by atoms with Crippen LogP contribution in [-0.4, -0.2) is 40.6 Å². The van der Waals surface area contributed by atoms with E-state index in [-0.39, 0.29) is 0 Å². The van der Waals surface area contributed by atoms with Crippen molar-refractivity contribution in [3.05, 3.63) is 30.1 Å². The number of likely N-dealkylation sites (N-methyl/N-ethyl adjacent to an activating group) is 1. The van der Waals surface area contributed by atoms with Crippen molar-refractivity contribution in [3.63, 3.8) is 0 Å². The van der Waals surface area contributed by atoms with Gasteiger partial charge in [-0.3, -0.25) is 0 Å². The molecule has 0 atom stereocenters. The molecule has 4 heteroatoms. The van der Waals surface area contributed by atoms with Gasteiger partial charge in [0.25, 0.3) is 0 Å². The van der Waals surface area contributed by atoms with Crippen LogP contribution in [0.4, 0.5) is 0 Å². The normalized spacial score (nSPS) is 11.6. The Morgan fingerprint density at radius 1 is 1.20 bits per heavy atom. The van der Waals surface area contributed by atoms with E-state index in [2.05, 4.69) is 58.9 Å². The first-order valence-corrected chi connectivity index (χ1v) is 7.59. The number of benzene rings is 1. The van der Waals surface area contributed by atoms with Crippen LogP contribution in [-0.2, 0) is 13.6 Å². The summed E-state index contributed by atoms with van der Waals surface area (Å²) in [6.07, 6.45) is 1.22. The number of nitrogens with zero attached hydrogens (tertiary/aromatic N) is 3. The van der Waals surface area contributed by atoms with Gasteiger partial charge in [0, 0.05) is 20.1 Å². The van der Waals surface area contributed by atoms with Gasteiger partial charge >= 0.3 is 0 Å². The van der Waals surface area contributed by atoms with E-state index in [1.165, 1.54) is 18.5 Å². The molecule has 1 N–H and O–H groups in total. The number of hydrogen-bond acceptors (Lipinski definition) is 3. The first-order valence-electron chi connectivity index (χ1n) is 7.59. The van der Waals surface area contributed by atoms with E-state index in [0.717, 1.165) is 37.5 Å². The number of aromatic nitrogens is 2. The highest BCUT2D eigenvalue weighted by atomic mass is 15.1. The van der Waals surface area contributed by atoms with Crippen molar-refractivity contribution in [2.45, 2.75) is 26.8 Å². The minimum Gasteiger partial charge on any atom is -0.330 e. The van der Waals surface area contributed by atoms with Crippen molar-refractivity contribution in [2.75, 3.05) is 26.2 Å². The van der Waals surface area contributed by atoms with E-state index in [1.807, 2.05) is 6.07 Å². The molecule has 4 nitrogen and oxygen atoms in total. The van der Waals surface area contributed by atoms with Crippen LogP contribution in [0.1, 0.15) is 26.1 Å². The largest absolute Gasteiger partial charge is 0.330 e. The summed E-state index contributed by atoms with van der Waals surface area (Å²) < 4.78 is 2.17. The summed E-state index contributed by atoms with van der Waals surface area (Å²) in [6, 6.07) is 8.28. The molecule has 0 fully saturated rings. The fraction of sp³-hybridized carbons (Fsp3) is 0.562. The Bertz CT molecular complexity index is 532. The molecule has 2 aromatic rings. The third-order valence-electron chi connectivity index (χ3n) is 3.75. The van der Waals surface area contributed by atoms with Gasteiger partial charge in [0.1, 0.15) is 5.82 Å². The van der Waals surface area contributed by atoms with Gasteiger partial charge < -0.3 is 14.8 Å². The molecule has 0 unspecified atom stereocenters.